The van der Waals surface area contributed by atoms with E-state index in [2.05, 4.69) is 0 Å². The smallest absolute Gasteiger partial charge is 0.169 e. The highest BCUT2D eigenvalue weighted by Gasteiger charge is 2.15. The molecule has 0 aliphatic rings. The van der Waals surface area contributed by atoms with Crippen LogP contribution < -0.4 is 15.2 Å². The van der Waals surface area contributed by atoms with Crippen LogP contribution in [0, 0.1) is 5.82 Å². The highest BCUT2D eigenvalue weighted by Crippen LogP contribution is 2.36. The van der Waals surface area contributed by atoms with E-state index in [-0.39, 0.29) is 11.8 Å². The molecule has 0 bridgehead atoms. The molecule has 0 fully saturated rings. The highest BCUT2D eigenvalue weighted by molar-refractivity contribution is 5.46. The van der Waals surface area contributed by atoms with Crippen molar-refractivity contribution in [3.8, 4) is 17.2 Å². The van der Waals surface area contributed by atoms with Crippen molar-refractivity contribution in [3.63, 3.8) is 0 Å². The maximum Gasteiger partial charge on any atom is 0.169 e. The van der Waals surface area contributed by atoms with E-state index in [1.165, 1.54) is 6.07 Å². The zero-order valence-electron chi connectivity index (χ0n) is 11.6. The van der Waals surface area contributed by atoms with Crippen LogP contribution in [0.1, 0.15) is 25.5 Å². The summed E-state index contributed by atoms with van der Waals surface area (Å²) in [6, 6.07) is 11.6. The van der Waals surface area contributed by atoms with Crippen molar-refractivity contribution in [1.29, 1.82) is 0 Å². The van der Waals surface area contributed by atoms with Crippen molar-refractivity contribution in [2.24, 2.45) is 5.73 Å². The van der Waals surface area contributed by atoms with E-state index < -0.39 is 5.82 Å². The van der Waals surface area contributed by atoms with Crippen LogP contribution in [-0.4, -0.2) is 6.61 Å². The Hall–Kier alpha value is -2.07. The van der Waals surface area contributed by atoms with Gasteiger partial charge in [0.05, 0.1) is 6.61 Å². The second kappa shape index (κ2) is 6.39. The molecule has 0 radical (unpaired) electrons. The van der Waals surface area contributed by atoms with Crippen LogP contribution in [0.2, 0.25) is 0 Å². The van der Waals surface area contributed by atoms with E-state index in [9.17, 15) is 4.39 Å². The summed E-state index contributed by atoms with van der Waals surface area (Å²) in [6.45, 7) is 4.18. The molecule has 2 aromatic rings. The zero-order valence-corrected chi connectivity index (χ0v) is 11.6. The van der Waals surface area contributed by atoms with Gasteiger partial charge in [0, 0.05) is 11.6 Å². The molecule has 2 aromatic carbocycles. The fraction of sp³-hybridized carbons (Fsp3) is 0.250. The molecule has 0 saturated carbocycles. The first-order valence-corrected chi connectivity index (χ1v) is 6.57. The predicted octanol–water partition coefficient (Wildman–Crippen LogP) is 4.04. The van der Waals surface area contributed by atoms with E-state index in [1.54, 1.807) is 31.2 Å². The van der Waals surface area contributed by atoms with Crippen LogP contribution in [-0.2, 0) is 0 Å². The average molecular weight is 275 g/mol. The van der Waals surface area contributed by atoms with Crippen LogP contribution >= 0.6 is 0 Å². The van der Waals surface area contributed by atoms with Gasteiger partial charge >= 0.3 is 0 Å². The van der Waals surface area contributed by atoms with Gasteiger partial charge < -0.3 is 15.2 Å². The Morgan fingerprint density at radius 2 is 1.80 bits per heavy atom. The SMILES string of the molecule is CCOc1ccccc1Oc1c(F)cccc1[C@@H](C)N. The molecule has 0 aliphatic carbocycles. The van der Waals surface area contributed by atoms with Crippen molar-refractivity contribution in [2.45, 2.75) is 19.9 Å². The monoisotopic (exact) mass is 275 g/mol. The first-order chi connectivity index (χ1) is 9.63. The Labute approximate surface area is 118 Å². The van der Waals surface area contributed by atoms with Crippen LogP contribution in [0.25, 0.3) is 0 Å². The molecule has 0 saturated heterocycles. The minimum Gasteiger partial charge on any atom is -0.490 e. The topological polar surface area (TPSA) is 44.5 Å². The maximum absolute atomic E-state index is 14.0. The summed E-state index contributed by atoms with van der Waals surface area (Å²) in [4.78, 5) is 0. The van der Waals surface area contributed by atoms with Gasteiger partial charge in [-0.2, -0.15) is 0 Å². The van der Waals surface area contributed by atoms with E-state index in [1.807, 2.05) is 19.1 Å². The van der Waals surface area contributed by atoms with Crippen LogP contribution in [0.3, 0.4) is 0 Å². The highest BCUT2D eigenvalue weighted by atomic mass is 19.1. The Morgan fingerprint density at radius 3 is 2.45 bits per heavy atom. The minimum atomic E-state index is -0.439. The number of rotatable bonds is 5. The largest absolute Gasteiger partial charge is 0.490 e. The first kappa shape index (κ1) is 14.3. The number of benzene rings is 2. The second-order valence-corrected chi connectivity index (χ2v) is 4.43. The van der Waals surface area contributed by atoms with Crippen molar-refractivity contribution in [1.82, 2.24) is 0 Å². The first-order valence-electron chi connectivity index (χ1n) is 6.57. The summed E-state index contributed by atoms with van der Waals surface area (Å²) in [7, 11) is 0. The third kappa shape index (κ3) is 3.08. The van der Waals surface area contributed by atoms with Gasteiger partial charge in [0.2, 0.25) is 0 Å². The lowest BCUT2D eigenvalue weighted by Gasteiger charge is -2.16. The molecular formula is C16H18FNO2. The van der Waals surface area contributed by atoms with Crippen molar-refractivity contribution < 1.29 is 13.9 Å². The molecule has 1 atom stereocenters. The molecule has 0 spiro atoms. The number of halogens is 1. The molecule has 2 rings (SSSR count). The van der Waals surface area contributed by atoms with Crippen molar-refractivity contribution in [2.75, 3.05) is 6.61 Å². The molecule has 4 heteroatoms. The number of ether oxygens (including phenoxy) is 2. The standard InChI is InChI=1S/C16H18FNO2/c1-3-19-14-9-4-5-10-15(14)20-16-12(11(2)18)7-6-8-13(16)17/h4-11H,3,18H2,1-2H3/t11-/m1/s1. The number of nitrogens with two attached hydrogens (primary N) is 1. The van der Waals surface area contributed by atoms with Crippen molar-refractivity contribution >= 4 is 0 Å². The lowest BCUT2D eigenvalue weighted by Crippen LogP contribution is -2.08. The number of hydrogen-bond acceptors (Lipinski definition) is 3. The van der Waals surface area contributed by atoms with E-state index >= 15 is 0 Å². The van der Waals surface area contributed by atoms with Gasteiger partial charge in [-0.3, -0.25) is 0 Å². The molecule has 0 aliphatic heterocycles. The lowest BCUT2D eigenvalue weighted by atomic mass is 10.1. The van der Waals surface area contributed by atoms with Gasteiger partial charge in [-0.1, -0.05) is 24.3 Å². The molecular weight excluding hydrogens is 257 g/mol. The lowest BCUT2D eigenvalue weighted by molar-refractivity contribution is 0.318. The number of para-hydroxylation sites is 3. The zero-order chi connectivity index (χ0) is 14.5. The third-order valence-corrected chi connectivity index (χ3v) is 2.85. The van der Waals surface area contributed by atoms with E-state index in [0.717, 1.165) is 0 Å². The summed E-state index contributed by atoms with van der Waals surface area (Å²) in [6.07, 6.45) is 0. The average Bonchev–Trinajstić information content (AvgIpc) is 2.43. The van der Waals surface area contributed by atoms with Crippen molar-refractivity contribution in [3.05, 3.63) is 53.8 Å². The number of hydrogen-bond donors (Lipinski definition) is 1. The second-order valence-electron chi connectivity index (χ2n) is 4.43. The maximum atomic E-state index is 14.0. The summed E-state index contributed by atoms with van der Waals surface area (Å²) in [5, 5.41) is 0. The molecule has 2 N–H and O–H groups in total. The quantitative estimate of drug-likeness (QED) is 0.895. The molecule has 0 aromatic heterocycles. The van der Waals surface area contributed by atoms with Crippen LogP contribution in [0.5, 0.6) is 17.2 Å². The molecule has 106 valence electrons. The molecule has 0 unspecified atom stereocenters. The van der Waals surface area contributed by atoms with Gasteiger partial charge in [-0.15, -0.1) is 0 Å². The molecule has 20 heavy (non-hydrogen) atoms. The molecule has 0 heterocycles. The van der Waals surface area contributed by atoms with Crippen LogP contribution in [0.4, 0.5) is 4.39 Å². The molecule has 0 amide bonds. The van der Waals surface area contributed by atoms with Gasteiger partial charge in [0.15, 0.2) is 23.1 Å². The minimum absolute atomic E-state index is 0.148. The normalized spacial score (nSPS) is 12.0. The van der Waals surface area contributed by atoms with Gasteiger partial charge in [-0.05, 0) is 32.0 Å². The fourth-order valence-electron chi connectivity index (χ4n) is 1.91. The summed E-state index contributed by atoms with van der Waals surface area (Å²) >= 11 is 0. The Balaban J connectivity index is 2.40. The Bertz CT molecular complexity index is 584. The fourth-order valence-corrected chi connectivity index (χ4v) is 1.91. The van der Waals surface area contributed by atoms with Gasteiger partial charge in [0.1, 0.15) is 0 Å². The third-order valence-electron chi connectivity index (χ3n) is 2.85. The summed E-state index contributed by atoms with van der Waals surface area (Å²) < 4.78 is 25.2. The van der Waals surface area contributed by atoms with E-state index in [4.69, 9.17) is 15.2 Å². The summed E-state index contributed by atoms with van der Waals surface area (Å²) in [5.41, 5.74) is 6.48. The van der Waals surface area contributed by atoms with Crippen LogP contribution in [0.15, 0.2) is 42.5 Å². The molecule has 3 nitrogen and oxygen atoms in total. The Kier molecular flexibility index (Phi) is 4.58. The van der Waals surface area contributed by atoms with Gasteiger partial charge in [-0.25, -0.2) is 4.39 Å². The Morgan fingerprint density at radius 1 is 1.10 bits per heavy atom. The summed E-state index contributed by atoms with van der Waals surface area (Å²) in [5.74, 6) is 0.760. The van der Waals surface area contributed by atoms with E-state index in [0.29, 0.717) is 23.7 Å². The van der Waals surface area contributed by atoms with Gasteiger partial charge in [0.25, 0.3) is 0 Å². The predicted molar refractivity (Wildman–Crippen MR) is 76.7 cm³/mol.